The summed E-state index contributed by atoms with van der Waals surface area (Å²) in [6.45, 7) is 2.50. The molecule has 0 aliphatic carbocycles. The molecule has 0 saturated carbocycles. The fourth-order valence-corrected chi connectivity index (χ4v) is 5.00. The van der Waals surface area contributed by atoms with E-state index in [-0.39, 0.29) is 0 Å². The molecule has 0 unspecified atom stereocenters. The Hall–Kier alpha value is -1.33. The molecule has 0 saturated heterocycles. The molecule has 0 fully saturated rings. The van der Waals surface area contributed by atoms with Crippen molar-refractivity contribution in [1.29, 1.82) is 0 Å². The first-order valence-corrected chi connectivity index (χ1v) is 9.10. The van der Waals surface area contributed by atoms with E-state index in [1.54, 1.807) is 22.5 Å². The van der Waals surface area contributed by atoms with E-state index in [1.165, 1.54) is 0 Å². The van der Waals surface area contributed by atoms with Gasteiger partial charge in [-0.3, -0.25) is 4.31 Å². The Kier molecular flexibility index (Phi) is 3.80. The predicted octanol–water partition coefficient (Wildman–Crippen LogP) is 3.90. The monoisotopic (exact) mass is 365 g/mol. The standard InChI is InChI=1S/C16H16BrNO2S/c1-12-5-2-6-13-7-4-10-18(16(12)13)21(19,20)15-9-3-8-14(17)11-15/h2-3,5-6,8-9,11H,4,7,10H2,1H3. The summed E-state index contributed by atoms with van der Waals surface area (Å²) in [5.41, 5.74) is 2.97. The third-order valence-electron chi connectivity index (χ3n) is 3.76. The van der Waals surface area contributed by atoms with Gasteiger partial charge < -0.3 is 0 Å². The molecule has 3 rings (SSSR count). The minimum Gasteiger partial charge on any atom is -0.266 e. The van der Waals surface area contributed by atoms with E-state index in [0.29, 0.717) is 11.4 Å². The number of fused-ring (bicyclic) bond motifs is 1. The lowest BCUT2D eigenvalue weighted by atomic mass is 10.0. The zero-order valence-electron chi connectivity index (χ0n) is 11.7. The van der Waals surface area contributed by atoms with Crippen LogP contribution in [0.1, 0.15) is 17.5 Å². The Morgan fingerprint density at radius 2 is 1.90 bits per heavy atom. The lowest BCUT2D eigenvalue weighted by Gasteiger charge is -2.32. The van der Waals surface area contributed by atoms with E-state index in [0.717, 1.165) is 34.1 Å². The van der Waals surface area contributed by atoms with Gasteiger partial charge in [-0.1, -0.05) is 40.2 Å². The van der Waals surface area contributed by atoms with Crippen LogP contribution in [0.5, 0.6) is 0 Å². The van der Waals surface area contributed by atoms with E-state index >= 15 is 0 Å². The van der Waals surface area contributed by atoms with Gasteiger partial charge in [0.05, 0.1) is 10.6 Å². The zero-order chi connectivity index (χ0) is 15.0. The van der Waals surface area contributed by atoms with E-state index in [2.05, 4.69) is 15.9 Å². The van der Waals surface area contributed by atoms with Gasteiger partial charge in [0.1, 0.15) is 0 Å². The Morgan fingerprint density at radius 1 is 1.14 bits per heavy atom. The molecule has 0 amide bonds. The van der Waals surface area contributed by atoms with E-state index in [1.807, 2.05) is 31.2 Å². The van der Waals surface area contributed by atoms with Crippen molar-refractivity contribution in [3.05, 3.63) is 58.1 Å². The van der Waals surface area contributed by atoms with Crippen LogP contribution in [-0.4, -0.2) is 15.0 Å². The first kappa shape index (κ1) is 14.6. The average molecular weight is 366 g/mol. The number of nitrogens with zero attached hydrogens (tertiary/aromatic N) is 1. The SMILES string of the molecule is Cc1cccc2c1N(S(=O)(=O)c1cccc(Br)c1)CCC2. The fourth-order valence-electron chi connectivity index (χ4n) is 2.80. The van der Waals surface area contributed by atoms with Crippen molar-refractivity contribution < 1.29 is 8.42 Å². The number of hydrogen-bond donors (Lipinski definition) is 0. The Morgan fingerprint density at radius 3 is 2.67 bits per heavy atom. The zero-order valence-corrected chi connectivity index (χ0v) is 14.1. The highest BCUT2D eigenvalue weighted by molar-refractivity contribution is 9.10. The van der Waals surface area contributed by atoms with Gasteiger partial charge in [0.15, 0.2) is 0 Å². The lowest BCUT2D eigenvalue weighted by molar-refractivity contribution is 0.586. The third-order valence-corrected chi connectivity index (χ3v) is 6.05. The van der Waals surface area contributed by atoms with Crippen LogP contribution < -0.4 is 4.31 Å². The van der Waals surface area contributed by atoms with Gasteiger partial charge in [-0.2, -0.15) is 0 Å². The second-order valence-corrected chi connectivity index (χ2v) is 8.00. The van der Waals surface area contributed by atoms with Gasteiger partial charge in [0.25, 0.3) is 10.0 Å². The summed E-state index contributed by atoms with van der Waals surface area (Å²) in [6, 6.07) is 12.9. The molecule has 0 atom stereocenters. The third kappa shape index (κ3) is 2.60. The number of sulfonamides is 1. The van der Waals surface area contributed by atoms with Crippen molar-refractivity contribution >= 4 is 31.6 Å². The molecular weight excluding hydrogens is 350 g/mol. The highest BCUT2D eigenvalue weighted by Crippen LogP contribution is 2.34. The topological polar surface area (TPSA) is 37.4 Å². The Balaban J connectivity index is 2.14. The molecule has 21 heavy (non-hydrogen) atoms. The predicted molar refractivity (Wildman–Crippen MR) is 88.2 cm³/mol. The minimum absolute atomic E-state index is 0.327. The lowest BCUT2D eigenvalue weighted by Crippen LogP contribution is -2.36. The molecule has 0 aromatic heterocycles. The van der Waals surface area contributed by atoms with Crippen LogP contribution in [0.2, 0.25) is 0 Å². The molecule has 110 valence electrons. The molecule has 1 aliphatic rings. The number of benzene rings is 2. The molecule has 3 nitrogen and oxygen atoms in total. The maximum absolute atomic E-state index is 13.0. The summed E-state index contributed by atoms with van der Waals surface area (Å²) in [4.78, 5) is 0.327. The summed E-state index contributed by atoms with van der Waals surface area (Å²) < 4.78 is 28.2. The molecule has 0 spiro atoms. The highest BCUT2D eigenvalue weighted by atomic mass is 79.9. The quantitative estimate of drug-likeness (QED) is 0.809. The second-order valence-electron chi connectivity index (χ2n) is 5.22. The van der Waals surface area contributed by atoms with Gasteiger partial charge in [-0.05, 0) is 49.1 Å². The molecule has 5 heteroatoms. The first-order valence-electron chi connectivity index (χ1n) is 6.87. The van der Waals surface area contributed by atoms with E-state index < -0.39 is 10.0 Å². The molecule has 0 bridgehead atoms. The molecular formula is C16H16BrNO2S. The molecule has 2 aromatic rings. The van der Waals surface area contributed by atoms with Crippen molar-refractivity contribution in [3.8, 4) is 0 Å². The highest BCUT2D eigenvalue weighted by Gasteiger charge is 2.30. The number of anilines is 1. The Bertz CT molecular complexity index is 787. The Labute approximate surface area is 133 Å². The first-order chi connectivity index (χ1) is 10.00. The maximum Gasteiger partial charge on any atom is 0.264 e. The van der Waals surface area contributed by atoms with Crippen molar-refractivity contribution in [2.45, 2.75) is 24.7 Å². The fraction of sp³-hybridized carbons (Fsp3) is 0.250. The van der Waals surface area contributed by atoms with Crippen molar-refractivity contribution in [3.63, 3.8) is 0 Å². The number of rotatable bonds is 2. The summed E-state index contributed by atoms with van der Waals surface area (Å²) in [5, 5.41) is 0. The molecule has 0 N–H and O–H groups in total. The summed E-state index contributed by atoms with van der Waals surface area (Å²) in [7, 11) is -3.52. The van der Waals surface area contributed by atoms with Crippen LogP contribution in [0.25, 0.3) is 0 Å². The van der Waals surface area contributed by atoms with Crippen LogP contribution in [0.15, 0.2) is 51.8 Å². The van der Waals surface area contributed by atoms with Crippen molar-refractivity contribution in [2.24, 2.45) is 0 Å². The molecule has 0 radical (unpaired) electrons. The van der Waals surface area contributed by atoms with E-state index in [9.17, 15) is 8.42 Å². The maximum atomic E-state index is 13.0. The normalized spacial score (nSPS) is 14.9. The van der Waals surface area contributed by atoms with Crippen LogP contribution in [0.3, 0.4) is 0 Å². The minimum atomic E-state index is -3.52. The molecule has 2 aromatic carbocycles. The van der Waals surface area contributed by atoms with Crippen LogP contribution >= 0.6 is 15.9 Å². The summed E-state index contributed by atoms with van der Waals surface area (Å²) >= 11 is 3.34. The van der Waals surface area contributed by atoms with Crippen LogP contribution in [0.4, 0.5) is 5.69 Å². The number of aryl methyl sites for hydroxylation is 2. The van der Waals surface area contributed by atoms with Crippen molar-refractivity contribution in [1.82, 2.24) is 0 Å². The summed E-state index contributed by atoms with van der Waals surface area (Å²) in [5.74, 6) is 0. The second kappa shape index (κ2) is 5.46. The van der Waals surface area contributed by atoms with Gasteiger partial charge in [0, 0.05) is 11.0 Å². The van der Waals surface area contributed by atoms with Gasteiger partial charge in [-0.15, -0.1) is 0 Å². The molecule has 1 heterocycles. The van der Waals surface area contributed by atoms with E-state index in [4.69, 9.17) is 0 Å². The number of halogens is 1. The van der Waals surface area contributed by atoms with Gasteiger partial charge in [0.2, 0.25) is 0 Å². The largest absolute Gasteiger partial charge is 0.266 e. The summed E-state index contributed by atoms with van der Waals surface area (Å²) in [6.07, 6.45) is 1.78. The van der Waals surface area contributed by atoms with Gasteiger partial charge >= 0.3 is 0 Å². The average Bonchev–Trinajstić information content (AvgIpc) is 2.47. The number of hydrogen-bond acceptors (Lipinski definition) is 2. The van der Waals surface area contributed by atoms with Crippen LogP contribution in [0, 0.1) is 6.92 Å². The smallest absolute Gasteiger partial charge is 0.264 e. The number of para-hydroxylation sites is 1. The van der Waals surface area contributed by atoms with Gasteiger partial charge in [-0.25, -0.2) is 8.42 Å². The van der Waals surface area contributed by atoms with Crippen molar-refractivity contribution in [2.75, 3.05) is 10.8 Å². The molecule has 1 aliphatic heterocycles. The van der Waals surface area contributed by atoms with Crippen LogP contribution in [-0.2, 0) is 16.4 Å².